The number of aromatic nitrogens is 1. The second kappa shape index (κ2) is 7.83. The molecule has 0 bridgehead atoms. The molecule has 2 N–H and O–H groups in total. The first-order valence-electron chi connectivity index (χ1n) is 7.91. The zero-order chi connectivity index (χ0) is 17.8. The van der Waals surface area contributed by atoms with Crippen LogP contribution in [0.2, 0.25) is 10.0 Å². The third kappa shape index (κ3) is 4.69. The second-order valence-corrected chi connectivity index (χ2v) is 6.87. The molecular formula is C19H18Cl2N3O+. The van der Waals surface area contributed by atoms with Crippen molar-refractivity contribution in [1.29, 1.82) is 0 Å². The topological polar surface area (TPSA) is 46.4 Å². The summed E-state index contributed by atoms with van der Waals surface area (Å²) in [5, 5.41) is 5.90. The highest BCUT2D eigenvalue weighted by molar-refractivity contribution is 6.36. The number of pyridine rings is 1. The molecule has 0 fully saturated rings. The van der Waals surface area contributed by atoms with Gasteiger partial charge in [-0.15, -0.1) is 0 Å². The maximum atomic E-state index is 12.2. The van der Waals surface area contributed by atoms with Crippen LogP contribution in [-0.4, -0.2) is 24.5 Å². The summed E-state index contributed by atoms with van der Waals surface area (Å²) in [5.74, 6) is 0.185. The van der Waals surface area contributed by atoms with E-state index >= 15 is 0 Å². The Kier molecular flexibility index (Phi) is 5.53. The van der Waals surface area contributed by atoms with E-state index in [9.17, 15) is 4.79 Å². The molecule has 2 aromatic carbocycles. The van der Waals surface area contributed by atoms with Gasteiger partial charge in [0.25, 0.3) is 5.91 Å². The minimum atomic E-state index is -0.144. The van der Waals surface area contributed by atoms with Crippen molar-refractivity contribution in [3.05, 3.63) is 70.3 Å². The van der Waals surface area contributed by atoms with Crippen molar-refractivity contribution in [3.63, 3.8) is 0 Å². The van der Waals surface area contributed by atoms with Gasteiger partial charge in [0.15, 0.2) is 12.4 Å². The first-order valence-corrected chi connectivity index (χ1v) is 8.67. The number of anilines is 1. The minimum Gasteiger partial charge on any atom is -0.326 e. The van der Waals surface area contributed by atoms with Crippen LogP contribution in [0.25, 0.3) is 10.8 Å². The summed E-state index contributed by atoms with van der Waals surface area (Å²) >= 11 is 11.8. The zero-order valence-corrected chi connectivity index (χ0v) is 15.2. The minimum absolute atomic E-state index is 0.144. The van der Waals surface area contributed by atoms with Gasteiger partial charge in [-0.05, 0) is 22.9 Å². The molecule has 1 atom stereocenters. The summed E-state index contributed by atoms with van der Waals surface area (Å²) in [6.45, 7) is 1.06. The summed E-state index contributed by atoms with van der Waals surface area (Å²) < 4.78 is 0. The number of fused-ring (bicyclic) bond motifs is 1. The molecule has 0 aliphatic heterocycles. The fraction of sp³-hybridized carbons (Fsp3) is 0.158. The highest BCUT2D eigenvalue weighted by Crippen LogP contribution is 2.22. The molecule has 128 valence electrons. The number of rotatable bonds is 5. The number of halogens is 2. The van der Waals surface area contributed by atoms with E-state index < -0.39 is 0 Å². The predicted molar refractivity (Wildman–Crippen MR) is 102 cm³/mol. The van der Waals surface area contributed by atoms with Gasteiger partial charge < -0.3 is 10.2 Å². The highest BCUT2D eigenvalue weighted by atomic mass is 35.5. The molecule has 1 amide bonds. The molecule has 25 heavy (non-hydrogen) atoms. The normalized spacial score (nSPS) is 12.1. The van der Waals surface area contributed by atoms with Gasteiger partial charge >= 0.3 is 0 Å². The Bertz CT molecular complexity index is 914. The lowest BCUT2D eigenvalue weighted by molar-refractivity contribution is -0.885. The van der Waals surface area contributed by atoms with Crippen LogP contribution in [0.15, 0.2) is 54.7 Å². The van der Waals surface area contributed by atoms with Gasteiger partial charge in [0, 0.05) is 11.8 Å². The Morgan fingerprint density at radius 3 is 2.64 bits per heavy atom. The summed E-state index contributed by atoms with van der Waals surface area (Å²) in [6, 6.07) is 16.2. The monoisotopic (exact) mass is 374 g/mol. The van der Waals surface area contributed by atoms with Crippen molar-refractivity contribution in [1.82, 2.24) is 4.98 Å². The lowest BCUT2D eigenvalue weighted by Gasteiger charge is -2.14. The van der Waals surface area contributed by atoms with Crippen LogP contribution in [-0.2, 0) is 11.3 Å². The van der Waals surface area contributed by atoms with Gasteiger partial charge in [-0.1, -0.05) is 59.6 Å². The lowest BCUT2D eigenvalue weighted by atomic mass is 10.1. The zero-order valence-electron chi connectivity index (χ0n) is 13.7. The Hall–Kier alpha value is -2.14. The second-order valence-electron chi connectivity index (χ2n) is 6.02. The maximum absolute atomic E-state index is 12.2. The number of benzene rings is 2. The number of quaternary nitrogens is 1. The molecular weight excluding hydrogens is 357 g/mol. The maximum Gasteiger partial charge on any atom is 0.280 e. The molecule has 1 aromatic heterocycles. The Labute approximate surface area is 156 Å². The van der Waals surface area contributed by atoms with Crippen molar-refractivity contribution in [2.45, 2.75) is 6.54 Å². The number of hydrogen-bond donors (Lipinski definition) is 2. The standard InChI is InChI=1S/C19H17Cl2N3O/c1-24(11-13-6-7-14-4-2-3-5-15(14)8-13)12-18(25)23-19-17(21)9-16(20)10-22-19/h2-10H,11-12H2,1H3,(H,22,23,25)/p+1. The number of carbonyl (C=O) groups excluding carboxylic acids is 1. The molecule has 0 spiro atoms. The molecule has 1 heterocycles. The van der Waals surface area contributed by atoms with E-state index in [-0.39, 0.29) is 5.91 Å². The first kappa shape index (κ1) is 17.7. The van der Waals surface area contributed by atoms with E-state index in [2.05, 4.69) is 40.6 Å². The van der Waals surface area contributed by atoms with Crippen LogP contribution in [0.4, 0.5) is 5.82 Å². The number of nitrogens with one attached hydrogen (secondary N) is 2. The van der Waals surface area contributed by atoms with Crippen molar-refractivity contribution in [3.8, 4) is 0 Å². The first-order chi connectivity index (χ1) is 12.0. The van der Waals surface area contributed by atoms with Gasteiger partial charge in [0.1, 0.15) is 6.54 Å². The molecule has 0 aliphatic rings. The van der Waals surface area contributed by atoms with Gasteiger partial charge in [-0.2, -0.15) is 0 Å². The molecule has 4 nitrogen and oxygen atoms in total. The third-order valence-corrected chi connectivity index (χ3v) is 4.34. The fourth-order valence-corrected chi connectivity index (χ4v) is 3.14. The van der Waals surface area contributed by atoms with Crippen LogP contribution >= 0.6 is 23.2 Å². The van der Waals surface area contributed by atoms with Crippen LogP contribution in [0.5, 0.6) is 0 Å². The van der Waals surface area contributed by atoms with E-state index in [1.54, 1.807) is 6.07 Å². The average molecular weight is 375 g/mol. The lowest BCUT2D eigenvalue weighted by Crippen LogP contribution is -3.08. The average Bonchev–Trinajstić information content (AvgIpc) is 2.57. The van der Waals surface area contributed by atoms with Crippen LogP contribution < -0.4 is 10.2 Å². The number of amides is 1. The molecule has 0 radical (unpaired) electrons. The van der Waals surface area contributed by atoms with Gasteiger partial charge in [0.05, 0.1) is 17.1 Å². The van der Waals surface area contributed by atoms with Gasteiger partial charge in [0.2, 0.25) is 0 Å². The SMILES string of the molecule is C[NH+](CC(=O)Nc1ncc(Cl)cc1Cl)Cc1ccc2ccccc2c1. The largest absolute Gasteiger partial charge is 0.326 e. The molecule has 6 heteroatoms. The van der Waals surface area contributed by atoms with E-state index in [0.717, 1.165) is 11.4 Å². The van der Waals surface area contributed by atoms with Crippen molar-refractivity contribution in [2.24, 2.45) is 0 Å². The van der Waals surface area contributed by atoms with Gasteiger partial charge in [-0.25, -0.2) is 4.98 Å². The van der Waals surface area contributed by atoms with Crippen molar-refractivity contribution < 1.29 is 9.69 Å². The van der Waals surface area contributed by atoms with E-state index in [0.29, 0.717) is 22.4 Å². The smallest absolute Gasteiger partial charge is 0.280 e. The van der Waals surface area contributed by atoms with Gasteiger partial charge in [-0.3, -0.25) is 4.79 Å². The highest BCUT2D eigenvalue weighted by Gasteiger charge is 2.13. The van der Waals surface area contributed by atoms with Crippen molar-refractivity contribution >= 4 is 45.7 Å². The quantitative estimate of drug-likeness (QED) is 0.720. The van der Waals surface area contributed by atoms with E-state index in [1.807, 2.05) is 19.2 Å². The fourth-order valence-electron chi connectivity index (χ4n) is 2.72. The molecule has 0 aliphatic carbocycles. The molecule has 3 aromatic rings. The Morgan fingerprint density at radius 1 is 1.12 bits per heavy atom. The van der Waals surface area contributed by atoms with E-state index in [1.165, 1.54) is 22.5 Å². The Balaban J connectivity index is 1.60. The van der Waals surface area contributed by atoms with Crippen LogP contribution in [0, 0.1) is 0 Å². The van der Waals surface area contributed by atoms with Crippen molar-refractivity contribution in [2.75, 3.05) is 18.9 Å². The molecule has 0 saturated carbocycles. The molecule has 0 saturated heterocycles. The molecule has 3 rings (SSSR count). The summed E-state index contributed by atoms with van der Waals surface area (Å²) in [5.41, 5.74) is 1.19. The molecule has 1 unspecified atom stereocenters. The number of nitrogens with zero attached hydrogens (tertiary/aromatic N) is 1. The van der Waals surface area contributed by atoms with Crippen LogP contribution in [0.1, 0.15) is 5.56 Å². The summed E-state index contributed by atoms with van der Waals surface area (Å²) in [4.78, 5) is 17.3. The van der Waals surface area contributed by atoms with Crippen LogP contribution in [0.3, 0.4) is 0 Å². The summed E-state index contributed by atoms with van der Waals surface area (Å²) in [7, 11) is 1.98. The predicted octanol–water partition coefficient (Wildman–Crippen LogP) is 3.20. The number of hydrogen-bond acceptors (Lipinski definition) is 2. The number of likely N-dealkylation sites (N-methyl/N-ethyl adjacent to an activating group) is 1. The number of carbonyl (C=O) groups is 1. The van der Waals surface area contributed by atoms with E-state index in [4.69, 9.17) is 23.2 Å². The Morgan fingerprint density at radius 2 is 1.88 bits per heavy atom. The summed E-state index contributed by atoms with van der Waals surface area (Å²) in [6.07, 6.45) is 1.45. The third-order valence-electron chi connectivity index (χ3n) is 3.85.